The summed E-state index contributed by atoms with van der Waals surface area (Å²) in [4.78, 5) is 30.7. The number of carbonyl (C=O) groups excluding carboxylic acids is 1. The van der Waals surface area contributed by atoms with Crippen molar-refractivity contribution >= 4 is 28.9 Å². The predicted molar refractivity (Wildman–Crippen MR) is 132 cm³/mol. The third kappa shape index (κ3) is 5.25. The quantitative estimate of drug-likeness (QED) is 0.669. The van der Waals surface area contributed by atoms with E-state index in [-0.39, 0.29) is 22.7 Å². The van der Waals surface area contributed by atoms with Gasteiger partial charge in [0.2, 0.25) is 5.91 Å². The molecule has 1 amide bonds. The maximum Gasteiger partial charge on any atom is 0.348 e. The zero-order valence-electron chi connectivity index (χ0n) is 19.8. The van der Waals surface area contributed by atoms with Crippen LogP contribution in [0.3, 0.4) is 0 Å². The molecule has 1 aliphatic carbocycles. The summed E-state index contributed by atoms with van der Waals surface area (Å²) in [6.07, 6.45) is 5.71. The molecule has 1 saturated heterocycles. The molecule has 2 aromatic rings. The second-order valence-corrected chi connectivity index (χ2v) is 10.8. The number of rotatable bonds is 6. The summed E-state index contributed by atoms with van der Waals surface area (Å²) >= 11 is 1.25. The van der Waals surface area contributed by atoms with E-state index < -0.39 is 5.97 Å². The van der Waals surface area contributed by atoms with E-state index in [0.29, 0.717) is 11.6 Å². The fraction of sp³-hybridized carbons (Fsp3) is 0.538. The smallest absolute Gasteiger partial charge is 0.348 e. The van der Waals surface area contributed by atoms with Crippen molar-refractivity contribution in [2.45, 2.75) is 51.5 Å². The van der Waals surface area contributed by atoms with E-state index in [4.69, 9.17) is 4.74 Å². The fourth-order valence-electron chi connectivity index (χ4n) is 5.16. The van der Waals surface area contributed by atoms with Crippen molar-refractivity contribution < 1.29 is 24.3 Å². The largest absolute Gasteiger partial charge is 0.497 e. The third-order valence-corrected chi connectivity index (χ3v) is 8.48. The van der Waals surface area contributed by atoms with Crippen LogP contribution in [0.1, 0.15) is 55.1 Å². The number of benzene rings is 1. The molecule has 2 fully saturated rings. The van der Waals surface area contributed by atoms with Gasteiger partial charge in [-0.05, 0) is 67.5 Å². The Labute approximate surface area is 200 Å². The number of hydrogen-bond acceptors (Lipinski definition) is 4. The summed E-state index contributed by atoms with van der Waals surface area (Å²) in [7, 11) is 3.81. The Hall–Kier alpha value is -2.38. The first-order chi connectivity index (χ1) is 15.9. The number of carboxylic acid groups (broad SMARTS) is 1. The highest BCUT2D eigenvalue weighted by Gasteiger charge is 2.37. The van der Waals surface area contributed by atoms with Crippen molar-refractivity contribution in [2.75, 3.05) is 32.1 Å². The minimum Gasteiger partial charge on any atom is -0.497 e. The molecule has 7 heteroatoms. The first kappa shape index (κ1) is 23.8. The summed E-state index contributed by atoms with van der Waals surface area (Å²) in [5.74, 6) is 0.550. The molecule has 2 heterocycles. The standard InChI is InChI=1S/C26H34N2O4S/c1-17-4-6-19(7-5-17)25(29)28(20-12-14-27(2)15-13-20)22-16-23(33-24(22)26(30)31)18-8-10-21(32-3)11-9-18/h8-11,16-17,19-20H,4-7,12-15H2,1-3H3,(H,30,31)/p+1. The Balaban J connectivity index is 1.72. The van der Waals surface area contributed by atoms with Gasteiger partial charge < -0.3 is 19.6 Å². The number of carboxylic acids is 1. The molecule has 0 unspecified atom stereocenters. The lowest BCUT2D eigenvalue weighted by Crippen LogP contribution is -3.10. The maximum atomic E-state index is 13.9. The summed E-state index contributed by atoms with van der Waals surface area (Å²) < 4.78 is 5.26. The van der Waals surface area contributed by atoms with Crippen LogP contribution < -0.4 is 14.5 Å². The van der Waals surface area contributed by atoms with E-state index in [2.05, 4.69) is 14.0 Å². The molecule has 1 saturated carbocycles. The van der Waals surface area contributed by atoms with Gasteiger partial charge in [-0.25, -0.2) is 4.79 Å². The fourth-order valence-corrected chi connectivity index (χ4v) is 6.16. The van der Waals surface area contributed by atoms with Crippen LogP contribution in [-0.4, -0.2) is 50.3 Å². The van der Waals surface area contributed by atoms with Gasteiger partial charge in [-0.1, -0.05) is 6.92 Å². The number of aromatic carboxylic acids is 1. The first-order valence-corrected chi connectivity index (χ1v) is 12.8. The van der Waals surface area contributed by atoms with Gasteiger partial charge >= 0.3 is 5.97 Å². The van der Waals surface area contributed by atoms with Crippen LogP contribution in [0.2, 0.25) is 0 Å². The molecule has 6 nitrogen and oxygen atoms in total. The number of anilines is 1. The van der Waals surface area contributed by atoms with Crippen molar-refractivity contribution in [3.63, 3.8) is 0 Å². The summed E-state index contributed by atoms with van der Waals surface area (Å²) in [5.41, 5.74) is 1.51. The van der Waals surface area contributed by atoms with E-state index >= 15 is 0 Å². The number of likely N-dealkylation sites (tertiary alicyclic amines) is 1. The van der Waals surface area contributed by atoms with E-state index in [1.54, 1.807) is 7.11 Å². The number of thiophene rings is 1. The van der Waals surface area contributed by atoms with Crippen LogP contribution in [0.15, 0.2) is 30.3 Å². The molecule has 0 spiro atoms. The molecule has 1 aliphatic heterocycles. The van der Waals surface area contributed by atoms with Gasteiger partial charge in [0.15, 0.2) is 0 Å². The van der Waals surface area contributed by atoms with Crippen molar-refractivity contribution in [1.82, 2.24) is 0 Å². The monoisotopic (exact) mass is 471 g/mol. The number of piperidine rings is 1. The third-order valence-electron chi connectivity index (χ3n) is 7.32. The Morgan fingerprint density at radius 2 is 1.70 bits per heavy atom. The molecule has 1 aromatic heterocycles. The average Bonchev–Trinajstić information content (AvgIpc) is 3.26. The molecule has 0 atom stereocenters. The second-order valence-electron chi connectivity index (χ2n) is 9.71. The van der Waals surface area contributed by atoms with Crippen LogP contribution in [0.4, 0.5) is 5.69 Å². The highest BCUT2D eigenvalue weighted by atomic mass is 32.1. The van der Waals surface area contributed by atoms with Crippen molar-refractivity contribution in [3.05, 3.63) is 35.2 Å². The zero-order chi connectivity index (χ0) is 23.5. The van der Waals surface area contributed by atoms with Gasteiger partial charge in [0.25, 0.3) is 0 Å². The number of carbonyl (C=O) groups is 2. The van der Waals surface area contributed by atoms with E-state index in [1.807, 2.05) is 35.2 Å². The lowest BCUT2D eigenvalue weighted by Gasteiger charge is -2.38. The lowest BCUT2D eigenvalue weighted by molar-refractivity contribution is -0.884. The minimum atomic E-state index is -0.969. The number of methoxy groups -OCH3 is 1. The predicted octanol–water partition coefficient (Wildman–Crippen LogP) is 3.96. The van der Waals surface area contributed by atoms with Gasteiger partial charge in [-0.3, -0.25) is 4.79 Å². The normalized spacial score (nSPS) is 25.4. The van der Waals surface area contributed by atoms with E-state index in [0.717, 1.165) is 67.8 Å². The number of hydrogen-bond donors (Lipinski definition) is 2. The first-order valence-electron chi connectivity index (χ1n) is 12.0. The number of nitrogens with zero attached hydrogens (tertiary/aromatic N) is 1. The molecule has 33 heavy (non-hydrogen) atoms. The molecule has 0 radical (unpaired) electrons. The molecule has 2 aliphatic rings. The Morgan fingerprint density at radius 3 is 2.27 bits per heavy atom. The number of quaternary nitrogens is 1. The molecule has 178 valence electrons. The molecule has 1 aromatic carbocycles. The second kappa shape index (κ2) is 10.3. The summed E-state index contributed by atoms with van der Waals surface area (Å²) in [6.45, 7) is 4.24. The van der Waals surface area contributed by atoms with Gasteiger partial charge in [0.05, 0.1) is 32.9 Å². The average molecular weight is 472 g/mol. The van der Waals surface area contributed by atoms with Gasteiger partial charge in [-0.2, -0.15) is 0 Å². The SMILES string of the molecule is COc1ccc(-c2cc(N(C(=O)C3CCC(C)CC3)C3CC[NH+](C)CC3)c(C(=O)O)s2)cc1. The van der Waals surface area contributed by atoms with Crippen molar-refractivity contribution in [2.24, 2.45) is 11.8 Å². The van der Waals surface area contributed by atoms with Crippen LogP contribution in [-0.2, 0) is 4.79 Å². The highest BCUT2D eigenvalue weighted by Crippen LogP contribution is 2.41. The Morgan fingerprint density at radius 1 is 1.06 bits per heavy atom. The maximum absolute atomic E-state index is 13.9. The number of ether oxygens (including phenoxy) is 1. The van der Waals surface area contributed by atoms with Gasteiger partial charge in [-0.15, -0.1) is 11.3 Å². The Kier molecular flexibility index (Phi) is 7.39. The topological polar surface area (TPSA) is 71.3 Å². The van der Waals surface area contributed by atoms with Crippen LogP contribution in [0, 0.1) is 11.8 Å². The molecule has 2 N–H and O–H groups in total. The van der Waals surface area contributed by atoms with E-state index in [1.165, 1.54) is 16.2 Å². The van der Waals surface area contributed by atoms with Crippen molar-refractivity contribution in [1.29, 1.82) is 0 Å². The molecular weight excluding hydrogens is 436 g/mol. The Bertz CT molecular complexity index is 971. The summed E-state index contributed by atoms with van der Waals surface area (Å²) in [5, 5.41) is 10.1. The summed E-state index contributed by atoms with van der Waals surface area (Å²) in [6, 6.07) is 9.60. The van der Waals surface area contributed by atoms with Gasteiger partial charge in [0.1, 0.15) is 10.6 Å². The minimum absolute atomic E-state index is 0.0146. The lowest BCUT2D eigenvalue weighted by atomic mass is 9.82. The highest BCUT2D eigenvalue weighted by molar-refractivity contribution is 7.18. The number of amides is 1. The van der Waals surface area contributed by atoms with Gasteiger partial charge in [0, 0.05) is 29.7 Å². The number of nitrogens with one attached hydrogen (secondary N) is 1. The van der Waals surface area contributed by atoms with Crippen LogP contribution in [0.5, 0.6) is 5.75 Å². The van der Waals surface area contributed by atoms with Crippen molar-refractivity contribution in [3.8, 4) is 16.2 Å². The van der Waals surface area contributed by atoms with Crippen LogP contribution >= 0.6 is 11.3 Å². The van der Waals surface area contributed by atoms with Crippen LogP contribution in [0.25, 0.3) is 10.4 Å². The molecule has 4 rings (SSSR count). The van der Waals surface area contributed by atoms with E-state index in [9.17, 15) is 14.7 Å². The zero-order valence-corrected chi connectivity index (χ0v) is 20.6. The molecule has 0 bridgehead atoms. The molecular formula is C26H35N2O4S+.